The van der Waals surface area contributed by atoms with Crippen molar-refractivity contribution in [1.82, 2.24) is 4.98 Å². The first kappa shape index (κ1) is 12.8. The van der Waals surface area contributed by atoms with Gasteiger partial charge in [0.2, 0.25) is 5.01 Å². The molecule has 0 aliphatic heterocycles. The molecule has 0 bridgehead atoms. The largest absolute Gasteiger partial charge is 0.461 e. The van der Waals surface area contributed by atoms with Crippen LogP contribution in [0.3, 0.4) is 0 Å². The fourth-order valence-corrected chi connectivity index (χ4v) is 2.32. The van der Waals surface area contributed by atoms with Crippen LogP contribution < -0.4 is 0 Å². The number of carbonyl (C=O) groups is 1. The summed E-state index contributed by atoms with van der Waals surface area (Å²) in [4.78, 5) is 15.8. The second-order valence-electron chi connectivity index (χ2n) is 3.81. The Kier molecular flexibility index (Phi) is 4.10. The number of aromatic nitrogens is 1. The Balaban J connectivity index is 2.20. The van der Waals surface area contributed by atoms with Crippen LogP contribution in [0.5, 0.6) is 0 Å². The van der Waals surface area contributed by atoms with E-state index in [9.17, 15) is 4.79 Å². The van der Waals surface area contributed by atoms with Gasteiger partial charge in [0, 0.05) is 10.9 Å². The molecule has 3 nitrogen and oxygen atoms in total. The molecule has 94 valence electrons. The van der Waals surface area contributed by atoms with Crippen molar-refractivity contribution in [2.24, 2.45) is 0 Å². The number of nitrogens with zero attached hydrogens (tertiary/aromatic N) is 1. The number of ether oxygens (including phenoxy) is 1. The Morgan fingerprint density at radius 1 is 1.28 bits per heavy atom. The first-order valence-electron chi connectivity index (χ1n) is 5.96. The number of hydrogen-bond acceptors (Lipinski definition) is 4. The lowest BCUT2D eigenvalue weighted by Crippen LogP contribution is -2.03. The average molecular weight is 261 g/mol. The summed E-state index contributed by atoms with van der Waals surface area (Å²) in [6, 6.07) is 8.23. The molecule has 1 heterocycles. The summed E-state index contributed by atoms with van der Waals surface area (Å²) >= 11 is 1.32. The van der Waals surface area contributed by atoms with Gasteiger partial charge in [-0.3, -0.25) is 0 Å². The van der Waals surface area contributed by atoms with Gasteiger partial charge < -0.3 is 4.74 Å². The summed E-state index contributed by atoms with van der Waals surface area (Å²) in [5.41, 5.74) is 3.14. The number of hydrogen-bond donors (Lipinski definition) is 0. The van der Waals surface area contributed by atoms with Crippen molar-refractivity contribution < 1.29 is 9.53 Å². The zero-order valence-electron chi connectivity index (χ0n) is 10.5. The average Bonchev–Trinajstić information content (AvgIpc) is 2.89. The molecule has 0 fully saturated rings. The fourth-order valence-electron chi connectivity index (χ4n) is 1.60. The third-order valence-corrected chi connectivity index (χ3v) is 3.43. The predicted molar refractivity (Wildman–Crippen MR) is 72.9 cm³/mol. The monoisotopic (exact) mass is 261 g/mol. The molecule has 2 aromatic rings. The van der Waals surface area contributed by atoms with E-state index < -0.39 is 0 Å². The van der Waals surface area contributed by atoms with Gasteiger partial charge in [0.15, 0.2) is 0 Å². The van der Waals surface area contributed by atoms with Crippen molar-refractivity contribution in [2.75, 3.05) is 6.61 Å². The number of aryl methyl sites for hydroxylation is 1. The Labute approximate surface area is 110 Å². The summed E-state index contributed by atoms with van der Waals surface area (Å²) in [7, 11) is 0. The van der Waals surface area contributed by atoms with Crippen molar-refractivity contribution in [1.29, 1.82) is 0 Å². The molecular formula is C14H15NO2S. The summed E-state index contributed by atoms with van der Waals surface area (Å²) < 4.78 is 4.92. The maximum atomic E-state index is 11.5. The highest BCUT2D eigenvalue weighted by atomic mass is 32.1. The molecule has 0 aliphatic rings. The Bertz CT molecular complexity index is 531. The minimum atomic E-state index is -0.348. The molecule has 0 unspecified atom stereocenters. The highest BCUT2D eigenvalue weighted by Gasteiger charge is 2.12. The van der Waals surface area contributed by atoms with E-state index in [0.717, 1.165) is 17.7 Å². The zero-order chi connectivity index (χ0) is 13.0. The number of carbonyl (C=O) groups excluding carboxylic acids is 1. The van der Waals surface area contributed by atoms with Crippen LogP contribution in [0.2, 0.25) is 0 Å². The molecule has 2 rings (SSSR count). The van der Waals surface area contributed by atoms with E-state index >= 15 is 0 Å². The van der Waals surface area contributed by atoms with Crippen molar-refractivity contribution in [2.45, 2.75) is 20.3 Å². The van der Waals surface area contributed by atoms with Crippen LogP contribution in [0.25, 0.3) is 11.3 Å². The normalized spacial score (nSPS) is 10.3. The van der Waals surface area contributed by atoms with Crippen LogP contribution in [-0.4, -0.2) is 17.6 Å². The van der Waals surface area contributed by atoms with Gasteiger partial charge in [-0.05, 0) is 18.9 Å². The van der Waals surface area contributed by atoms with Gasteiger partial charge in [-0.1, -0.05) is 31.2 Å². The van der Waals surface area contributed by atoms with Crippen molar-refractivity contribution in [3.05, 3.63) is 40.2 Å². The van der Waals surface area contributed by atoms with E-state index in [1.807, 2.05) is 17.5 Å². The van der Waals surface area contributed by atoms with E-state index in [2.05, 4.69) is 24.0 Å². The van der Waals surface area contributed by atoms with E-state index in [1.165, 1.54) is 16.9 Å². The highest BCUT2D eigenvalue weighted by Crippen LogP contribution is 2.22. The van der Waals surface area contributed by atoms with E-state index in [-0.39, 0.29) is 5.97 Å². The first-order valence-corrected chi connectivity index (χ1v) is 6.84. The van der Waals surface area contributed by atoms with Crippen LogP contribution in [-0.2, 0) is 11.2 Å². The molecule has 4 heteroatoms. The van der Waals surface area contributed by atoms with Crippen molar-refractivity contribution in [3.63, 3.8) is 0 Å². The molecule has 0 radical (unpaired) electrons. The van der Waals surface area contributed by atoms with E-state index in [1.54, 1.807) is 6.92 Å². The SMILES string of the molecule is CCOC(=O)c1nc(-c2ccc(CC)cc2)cs1. The van der Waals surface area contributed by atoms with Gasteiger partial charge in [0.25, 0.3) is 0 Å². The van der Waals surface area contributed by atoms with Gasteiger partial charge in [-0.2, -0.15) is 0 Å². The predicted octanol–water partition coefficient (Wildman–Crippen LogP) is 3.55. The minimum absolute atomic E-state index is 0.348. The molecule has 1 aromatic carbocycles. The van der Waals surface area contributed by atoms with Gasteiger partial charge >= 0.3 is 5.97 Å². The molecule has 18 heavy (non-hydrogen) atoms. The number of benzene rings is 1. The molecule has 0 spiro atoms. The Morgan fingerprint density at radius 3 is 2.61 bits per heavy atom. The van der Waals surface area contributed by atoms with E-state index in [4.69, 9.17) is 4.74 Å². The second-order valence-corrected chi connectivity index (χ2v) is 4.67. The molecule has 0 N–H and O–H groups in total. The smallest absolute Gasteiger partial charge is 0.367 e. The van der Waals surface area contributed by atoms with Crippen LogP contribution in [0, 0.1) is 0 Å². The first-order chi connectivity index (χ1) is 8.74. The molecular weight excluding hydrogens is 246 g/mol. The summed E-state index contributed by atoms with van der Waals surface area (Å²) in [5.74, 6) is -0.348. The van der Waals surface area contributed by atoms with Crippen LogP contribution >= 0.6 is 11.3 Å². The topological polar surface area (TPSA) is 39.2 Å². The zero-order valence-corrected chi connectivity index (χ0v) is 11.3. The summed E-state index contributed by atoms with van der Waals surface area (Å²) in [5, 5.41) is 2.29. The third kappa shape index (κ3) is 2.76. The van der Waals surface area contributed by atoms with E-state index in [0.29, 0.717) is 11.6 Å². The summed E-state index contributed by atoms with van der Waals surface area (Å²) in [6.07, 6.45) is 1.02. The lowest BCUT2D eigenvalue weighted by atomic mass is 10.1. The number of thiazole rings is 1. The quantitative estimate of drug-likeness (QED) is 0.790. The van der Waals surface area contributed by atoms with Crippen molar-refractivity contribution in [3.8, 4) is 11.3 Å². The fraction of sp³-hybridized carbons (Fsp3) is 0.286. The highest BCUT2D eigenvalue weighted by molar-refractivity contribution is 7.11. The molecule has 0 saturated heterocycles. The minimum Gasteiger partial charge on any atom is -0.461 e. The van der Waals surface area contributed by atoms with Crippen LogP contribution in [0.1, 0.15) is 29.2 Å². The number of rotatable bonds is 4. The maximum Gasteiger partial charge on any atom is 0.367 e. The van der Waals surface area contributed by atoms with Crippen LogP contribution in [0.15, 0.2) is 29.6 Å². The standard InChI is InChI=1S/C14H15NO2S/c1-3-10-5-7-11(8-6-10)12-9-18-13(15-12)14(16)17-4-2/h5-9H,3-4H2,1-2H3. The molecule has 1 aromatic heterocycles. The Hall–Kier alpha value is -1.68. The molecule has 0 atom stereocenters. The van der Waals surface area contributed by atoms with Crippen molar-refractivity contribution >= 4 is 17.3 Å². The lowest BCUT2D eigenvalue weighted by molar-refractivity contribution is 0.0526. The molecule has 0 saturated carbocycles. The lowest BCUT2D eigenvalue weighted by Gasteiger charge is -1.99. The summed E-state index contributed by atoms with van der Waals surface area (Å²) in [6.45, 7) is 4.28. The molecule has 0 aliphatic carbocycles. The van der Waals surface area contributed by atoms with Crippen LogP contribution in [0.4, 0.5) is 0 Å². The third-order valence-electron chi connectivity index (χ3n) is 2.61. The second kappa shape index (κ2) is 5.78. The molecule has 0 amide bonds. The van der Waals surface area contributed by atoms with Gasteiger partial charge in [-0.25, -0.2) is 9.78 Å². The van der Waals surface area contributed by atoms with Gasteiger partial charge in [0.1, 0.15) is 0 Å². The maximum absolute atomic E-state index is 11.5. The van der Waals surface area contributed by atoms with Gasteiger partial charge in [-0.15, -0.1) is 11.3 Å². The number of esters is 1. The van der Waals surface area contributed by atoms with Gasteiger partial charge in [0.05, 0.1) is 12.3 Å². The Morgan fingerprint density at radius 2 is 2.00 bits per heavy atom.